The monoisotopic (exact) mass is 220 g/mol. The Balaban J connectivity index is 2.23. The molecule has 0 spiro atoms. The lowest BCUT2D eigenvalue weighted by atomic mass is 10.0. The molecule has 1 aromatic rings. The molecule has 4 nitrogen and oxygen atoms in total. The van der Waals surface area contributed by atoms with E-state index < -0.39 is 12.0 Å². The minimum Gasteiger partial charge on any atom is -0.480 e. The number of nitrogen functional groups attached to an aromatic ring is 1. The SMILES string of the molecule is Nc1ccc(N2CCCCC2C(=O)O)cc1. The highest BCUT2D eigenvalue weighted by Gasteiger charge is 2.28. The fourth-order valence-corrected chi connectivity index (χ4v) is 2.16. The number of hydrogen-bond donors (Lipinski definition) is 2. The number of anilines is 2. The van der Waals surface area contributed by atoms with Crippen molar-refractivity contribution in [3.8, 4) is 0 Å². The summed E-state index contributed by atoms with van der Waals surface area (Å²) in [5.41, 5.74) is 7.26. The minimum atomic E-state index is -0.739. The standard InChI is InChI=1S/C12H16N2O2/c13-9-4-6-10(7-5-9)14-8-2-1-3-11(14)12(15)16/h4-7,11H,1-3,8,13H2,(H,15,16). The van der Waals surface area contributed by atoms with Crippen LogP contribution in [0.1, 0.15) is 19.3 Å². The van der Waals surface area contributed by atoms with Crippen molar-refractivity contribution in [3.05, 3.63) is 24.3 Å². The van der Waals surface area contributed by atoms with Gasteiger partial charge in [-0.3, -0.25) is 0 Å². The second-order valence-electron chi connectivity index (χ2n) is 4.13. The molecule has 4 heteroatoms. The van der Waals surface area contributed by atoms with Gasteiger partial charge in [-0.25, -0.2) is 4.79 Å². The van der Waals surface area contributed by atoms with Crippen LogP contribution in [0.4, 0.5) is 11.4 Å². The molecule has 16 heavy (non-hydrogen) atoms. The van der Waals surface area contributed by atoms with Crippen LogP contribution in [0.15, 0.2) is 24.3 Å². The maximum absolute atomic E-state index is 11.1. The molecule has 0 aromatic heterocycles. The molecule has 0 aliphatic carbocycles. The Morgan fingerprint density at radius 2 is 2.00 bits per heavy atom. The van der Waals surface area contributed by atoms with Gasteiger partial charge < -0.3 is 15.7 Å². The summed E-state index contributed by atoms with van der Waals surface area (Å²) in [6.07, 6.45) is 2.76. The minimum absolute atomic E-state index is 0.391. The van der Waals surface area contributed by atoms with Gasteiger partial charge in [0.15, 0.2) is 0 Å². The number of carboxylic acids is 1. The number of hydrogen-bond acceptors (Lipinski definition) is 3. The first kappa shape index (κ1) is 10.8. The van der Waals surface area contributed by atoms with E-state index in [0.29, 0.717) is 5.69 Å². The molecular weight excluding hydrogens is 204 g/mol. The molecule has 3 N–H and O–H groups in total. The molecular formula is C12H16N2O2. The van der Waals surface area contributed by atoms with Crippen LogP contribution in [-0.2, 0) is 4.79 Å². The Labute approximate surface area is 94.7 Å². The van der Waals surface area contributed by atoms with E-state index >= 15 is 0 Å². The fraction of sp³-hybridized carbons (Fsp3) is 0.417. The zero-order valence-corrected chi connectivity index (χ0v) is 9.10. The molecule has 0 amide bonds. The van der Waals surface area contributed by atoms with Gasteiger partial charge in [0.1, 0.15) is 6.04 Å². The Kier molecular flexibility index (Phi) is 2.99. The molecule has 0 radical (unpaired) electrons. The van der Waals surface area contributed by atoms with E-state index in [1.54, 1.807) is 0 Å². The molecule has 1 heterocycles. The summed E-state index contributed by atoms with van der Waals surface area (Å²) in [6.45, 7) is 0.806. The van der Waals surface area contributed by atoms with Crippen molar-refractivity contribution in [2.24, 2.45) is 0 Å². The zero-order valence-electron chi connectivity index (χ0n) is 9.10. The number of benzene rings is 1. The Hall–Kier alpha value is -1.71. The Morgan fingerprint density at radius 1 is 1.31 bits per heavy atom. The molecule has 86 valence electrons. The van der Waals surface area contributed by atoms with Crippen molar-refractivity contribution in [1.82, 2.24) is 0 Å². The van der Waals surface area contributed by atoms with E-state index in [1.165, 1.54) is 0 Å². The van der Waals surface area contributed by atoms with Crippen molar-refractivity contribution in [2.45, 2.75) is 25.3 Å². The third-order valence-corrected chi connectivity index (χ3v) is 3.01. The molecule has 0 bridgehead atoms. The molecule has 2 rings (SSSR count). The van der Waals surface area contributed by atoms with Gasteiger partial charge in [-0.15, -0.1) is 0 Å². The van der Waals surface area contributed by atoms with Crippen LogP contribution in [0, 0.1) is 0 Å². The lowest BCUT2D eigenvalue weighted by molar-refractivity contribution is -0.139. The lowest BCUT2D eigenvalue weighted by Gasteiger charge is -2.34. The third-order valence-electron chi connectivity index (χ3n) is 3.01. The van der Waals surface area contributed by atoms with Crippen LogP contribution in [0.3, 0.4) is 0 Å². The van der Waals surface area contributed by atoms with Gasteiger partial charge in [0.25, 0.3) is 0 Å². The molecule has 1 unspecified atom stereocenters. The second-order valence-corrected chi connectivity index (χ2v) is 4.13. The summed E-state index contributed by atoms with van der Waals surface area (Å²) in [5, 5.41) is 9.16. The molecule has 1 fully saturated rings. The Morgan fingerprint density at radius 3 is 2.62 bits per heavy atom. The summed E-state index contributed by atoms with van der Waals surface area (Å²) >= 11 is 0. The van der Waals surface area contributed by atoms with Gasteiger partial charge in [-0.05, 0) is 43.5 Å². The van der Waals surface area contributed by atoms with E-state index in [4.69, 9.17) is 10.8 Å². The zero-order chi connectivity index (χ0) is 11.5. The highest BCUT2D eigenvalue weighted by atomic mass is 16.4. The fourth-order valence-electron chi connectivity index (χ4n) is 2.16. The van der Waals surface area contributed by atoms with Crippen molar-refractivity contribution in [2.75, 3.05) is 17.2 Å². The van der Waals surface area contributed by atoms with Gasteiger partial charge in [-0.1, -0.05) is 0 Å². The van der Waals surface area contributed by atoms with Crippen LogP contribution in [-0.4, -0.2) is 23.7 Å². The average Bonchev–Trinajstić information content (AvgIpc) is 2.30. The van der Waals surface area contributed by atoms with Crippen LogP contribution in [0.2, 0.25) is 0 Å². The first-order valence-electron chi connectivity index (χ1n) is 5.53. The van der Waals surface area contributed by atoms with E-state index in [0.717, 1.165) is 31.5 Å². The number of nitrogens with two attached hydrogens (primary N) is 1. The van der Waals surface area contributed by atoms with E-state index in [1.807, 2.05) is 29.2 Å². The Bertz CT molecular complexity index is 375. The van der Waals surface area contributed by atoms with Gasteiger partial charge in [0, 0.05) is 17.9 Å². The highest BCUT2D eigenvalue weighted by molar-refractivity contribution is 5.78. The van der Waals surface area contributed by atoms with Gasteiger partial charge in [-0.2, -0.15) is 0 Å². The summed E-state index contributed by atoms with van der Waals surface area (Å²) in [5.74, 6) is -0.739. The van der Waals surface area contributed by atoms with Crippen molar-refractivity contribution >= 4 is 17.3 Å². The predicted octanol–water partition coefficient (Wildman–Crippen LogP) is 1.71. The third kappa shape index (κ3) is 2.10. The van der Waals surface area contributed by atoms with E-state index in [2.05, 4.69) is 0 Å². The van der Waals surface area contributed by atoms with E-state index in [9.17, 15) is 4.79 Å². The highest BCUT2D eigenvalue weighted by Crippen LogP contribution is 2.25. The topological polar surface area (TPSA) is 66.6 Å². The largest absolute Gasteiger partial charge is 0.480 e. The maximum atomic E-state index is 11.1. The number of aliphatic carboxylic acids is 1. The normalized spacial score (nSPS) is 20.8. The van der Waals surface area contributed by atoms with Crippen molar-refractivity contribution in [1.29, 1.82) is 0 Å². The molecule has 1 aliphatic rings. The van der Waals surface area contributed by atoms with E-state index in [-0.39, 0.29) is 0 Å². The summed E-state index contributed by atoms with van der Waals surface area (Å²) in [7, 11) is 0. The predicted molar refractivity (Wildman–Crippen MR) is 63.5 cm³/mol. The first-order valence-corrected chi connectivity index (χ1v) is 5.53. The van der Waals surface area contributed by atoms with Crippen LogP contribution in [0.25, 0.3) is 0 Å². The first-order chi connectivity index (χ1) is 7.68. The molecule has 1 saturated heterocycles. The average molecular weight is 220 g/mol. The molecule has 1 aromatic carbocycles. The number of carboxylic acid groups (broad SMARTS) is 1. The van der Waals surface area contributed by atoms with Gasteiger partial charge in [0.05, 0.1) is 0 Å². The number of rotatable bonds is 2. The summed E-state index contributed by atoms with van der Waals surface area (Å²) in [6, 6.07) is 7.00. The quantitative estimate of drug-likeness (QED) is 0.745. The van der Waals surface area contributed by atoms with Crippen LogP contribution < -0.4 is 10.6 Å². The van der Waals surface area contributed by atoms with Crippen molar-refractivity contribution < 1.29 is 9.90 Å². The smallest absolute Gasteiger partial charge is 0.326 e. The summed E-state index contributed by atoms with van der Waals surface area (Å²) < 4.78 is 0. The molecule has 0 saturated carbocycles. The maximum Gasteiger partial charge on any atom is 0.326 e. The number of nitrogens with zero attached hydrogens (tertiary/aromatic N) is 1. The number of piperidine rings is 1. The van der Waals surface area contributed by atoms with Crippen LogP contribution in [0.5, 0.6) is 0 Å². The molecule has 1 atom stereocenters. The number of carbonyl (C=O) groups is 1. The summed E-state index contributed by atoms with van der Waals surface area (Å²) in [4.78, 5) is 13.1. The van der Waals surface area contributed by atoms with Crippen LogP contribution >= 0.6 is 0 Å². The lowest BCUT2D eigenvalue weighted by Crippen LogP contribution is -2.44. The van der Waals surface area contributed by atoms with Gasteiger partial charge in [0.2, 0.25) is 0 Å². The van der Waals surface area contributed by atoms with Crippen molar-refractivity contribution in [3.63, 3.8) is 0 Å². The molecule has 1 aliphatic heterocycles. The van der Waals surface area contributed by atoms with Gasteiger partial charge >= 0.3 is 5.97 Å². The second kappa shape index (κ2) is 4.43.